The molecule has 1 saturated heterocycles. The van der Waals surface area contributed by atoms with Crippen LogP contribution in [0.1, 0.15) is 17.2 Å². The Balaban J connectivity index is 1.91. The van der Waals surface area contributed by atoms with Gasteiger partial charge in [0.2, 0.25) is 0 Å². The third kappa shape index (κ3) is 1.67. The quantitative estimate of drug-likeness (QED) is 0.710. The minimum Gasteiger partial charge on any atom is -0.370 e. The lowest BCUT2D eigenvalue weighted by molar-refractivity contribution is 0.0148. The zero-order chi connectivity index (χ0) is 10.1. The molecule has 15 heavy (non-hydrogen) atoms. The van der Waals surface area contributed by atoms with Crippen LogP contribution in [0.5, 0.6) is 0 Å². The zero-order valence-electron chi connectivity index (χ0n) is 8.70. The Kier molecular flexibility index (Phi) is 2.44. The van der Waals surface area contributed by atoms with Crippen molar-refractivity contribution in [1.29, 1.82) is 0 Å². The van der Waals surface area contributed by atoms with E-state index in [2.05, 4.69) is 34.9 Å². The third-order valence-electron chi connectivity index (χ3n) is 3.19. The molecule has 3 nitrogen and oxygen atoms in total. The number of nitrogens with one attached hydrogen (secondary N) is 2. The lowest BCUT2D eigenvalue weighted by Crippen LogP contribution is -2.40. The smallest absolute Gasteiger partial charge is 0.111 e. The molecule has 1 aromatic rings. The van der Waals surface area contributed by atoms with E-state index in [4.69, 9.17) is 4.74 Å². The van der Waals surface area contributed by atoms with Gasteiger partial charge in [0.15, 0.2) is 0 Å². The number of benzene rings is 1. The van der Waals surface area contributed by atoms with Gasteiger partial charge in [0, 0.05) is 13.1 Å². The molecule has 1 atom stereocenters. The molecule has 2 heterocycles. The van der Waals surface area contributed by atoms with Crippen molar-refractivity contribution in [3.8, 4) is 0 Å². The first-order valence-corrected chi connectivity index (χ1v) is 5.61. The van der Waals surface area contributed by atoms with Crippen LogP contribution in [0, 0.1) is 0 Å². The summed E-state index contributed by atoms with van der Waals surface area (Å²) in [5.41, 5.74) is 2.78. The van der Waals surface area contributed by atoms with Crippen LogP contribution in [-0.2, 0) is 11.2 Å². The minimum atomic E-state index is 0.178. The van der Waals surface area contributed by atoms with Gasteiger partial charge in [-0.15, -0.1) is 0 Å². The van der Waals surface area contributed by atoms with Gasteiger partial charge in [-0.3, -0.25) is 10.6 Å². The van der Waals surface area contributed by atoms with Crippen LogP contribution in [0.2, 0.25) is 0 Å². The van der Waals surface area contributed by atoms with Crippen LogP contribution in [0.25, 0.3) is 0 Å². The summed E-state index contributed by atoms with van der Waals surface area (Å²) in [5.74, 6) is 0. The van der Waals surface area contributed by atoms with Gasteiger partial charge in [0.05, 0.1) is 12.8 Å². The van der Waals surface area contributed by atoms with Gasteiger partial charge in [-0.2, -0.15) is 0 Å². The maximum Gasteiger partial charge on any atom is 0.111 e. The van der Waals surface area contributed by atoms with E-state index in [0.717, 1.165) is 26.1 Å². The van der Waals surface area contributed by atoms with Crippen molar-refractivity contribution < 1.29 is 4.74 Å². The first kappa shape index (κ1) is 9.33. The lowest BCUT2D eigenvalue weighted by atomic mass is 9.96. The summed E-state index contributed by atoms with van der Waals surface area (Å²) in [5, 5.41) is 6.86. The number of hydrogen-bond donors (Lipinski definition) is 2. The van der Waals surface area contributed by atoms with E-state index < -0.39 is 0 Å². The Morgan fingerprint density at radius 2 is 1.93 bits per heavy atom. The predicted octanol–water partition coefficient (Wildman–Crippen LogP) is 0.819. The Labute approximate surface area is 89.8 Å². The average molecular weight is 204 g/mol. The summed E-state index contributed by atoms with van der Waals surface area (Å²) in [4.78, 5) is 0. The van der Waals surface area contributed by atoms with E-state index in [-0.39, 0.29) is 12.3 Å². The standard InChI is InChI=1S/C12H16N2O/c1-2-4-10-9(3-1)5-8-15-11(10)12-13-6-7-14-12/h1-4,11-14H,5-8H2. The molecule has 1 fully saturated rings. The molecule has 2 aliphatic heterocycles. The fraction of sp³-hybridized carbons (Fsp3) is 0.500. The highest BCUT2D eigenvalue weighted by Gasteiger charge is 2.30. The monoisotopic (exact) mass is 204 g/mol. The first-order valence-electron chi connectivity index (χ1n) is 5.61. The van der Waals surface area contributed by atoms with Gasteiger partial charge in [0.1, 0.15) is 6.10 Å². The Morgan fingerprint density at radius 1 is 1.13 bits per heavy atom. The molecular formula is C12H16N2O. The SMILES string of the molecule is c1ccc2c(c1)CCOC2C1NCCN1. The highest BCUT2D eigenvalue weighted by Crippen LogP contribution is 2.29. The van der Waals surface area contributed by atoms with E-state index >= 15 is 0 Å². The normalized spacial score (nSPS) is 26.5. The van der Waals surface area contributed by atoms with Crippen LogP contribution < -0.4 is 10.6 Å². The van der Waals surface area contributed by atoms with Gasteiger partial charge in [-0.05, 0) is 17.5 Å². The highest BCUT2D eigenvalue weighted by molar-refractivity contribution is 5.31. The summed E-state index contributed by atoms with van der Waals surface area (Å²) in [6, 6.07) is 8.59. The van der Waals surface area contributed by atoms with Gasteiger partial charge >= 0.3 is 0 Å². The Hall–Kier alpha value is -0.900. The van der Waals surface area contributed by atoms with Gasteiger partial charge in [-0.25, -0.2) is 0 Å². The molecule has 0 radical (unpaired) electrons. The second kappa shape index (κ2) is 3.93. The van der Waals surface area contributed by atoms with Crippen molar-refractivity contribution in [1.82, 2.24) is 10.6 Å². The first-order chi connectivity index (χ1) is 7.45. The fourth-order valence-corrected chi connectivity index (χ4v) is 2.44. The van der Waals surface area contributed by atoms with Crippen molar-refractivity contribution >= 4 is 0 Å². The second-order valence-electron chi connectivity index (χ2n) is 4.13. The minimum absolute atomic E-state index is 0.178. The summed E-state index contributed by atoms with van der Waals surface area (Å²) >= 11 is 0. The molecule has 0 aromatic heterocycles. The van der Waals surface area contributed by atoms with Gasteiger partial charge < -0.3 is 4.74 Å². The molecule has 2 aliphatic rings. The van der Waals surface area contributed by atoms with E-state index in [1.54, 1.807) is 0 Å². The fourth-order valence-electron chi connectivity index (χ4n) is 2.44. The van der Waals surface area contributed by atoms with E-state index in [1.165, 1.54) is 11.1 Å². The Bertz CT molecular complexity index is 347. The van der Waals surface area contributed by atoms with Gasteiger partial charge in [-0.1, -0.05) is 24.3 Å². The maximum atomic E-state index is 5.86. The van der Waals surface area contributed by atoms with Crippen molar-refractivity contribution in [2.45, 2.75) is 18.7 Å². The average Bonchev–Trinajstić information content (AvgIpc) is 2.82. The van der Waals surface area contributed by atoms with Crippen molar-refractivity contribution in [2.75, 3.05) is 19.7 Å². The van der Waals surface area contributed by atoms with Crippen LogP contribution >= 0.6 is 0 Å². The van der Waals surface area contributed by atoms with E-state index in [0.29, 0.717) is 0 Å². The van der Waals surface area contributed by atoms with Crippen molar-refractivity contribution in [3.63, 3.8) is 0 Å². The van der Waals surface area contributed by atoms with E-state index in [9.17, 15) is 0 Å². The van der Waals surface area contributed by atoms with Crippen LogP contribution in [0.4, 0.5) is 0 Å². The number of hydrogen-bond acceptors (Lipinski definition) is 3. The van der Waals surface area contributed by atoms with Crippen molar-refractivity contribution in [3.05, 3.63) is 35.4 Å². The molecule has 80 valence electrons. The second-order valence-corrected chi connectivity index (χ2v) is 4.13. The summed E-state index contributed by atoms with van der Waals surface area (Å²) in [7, 11) is 0. The van der Waals surface area contributed by atoms with Crippen LogP contribution in [-0.4, -0.2) is 25.9 Å². The molecule has 0 amide bonds. The topological polar surface area (TPSA) is 33.3 Å². The predicted molar refractivity (Wildman–Crippen MR) is 58.6 cm³/mol. The summed E-state index contributed by atoms with van der Waals surface area (Å²) < 4.78 is 5.86. The van der Waals surface area contributed by atoms with Crippen LogP contribution in [0.15, 0.2) is 24.3 Å². The van der Waals surface area contributed by atoms with E-state index in [1.807, 2.05) is 0 Å². The largest absolute Gasteiger partial charge is 0.370 e. The molecule has 1 aromatic carbocycles. The summed E-state index contributed by atoms with van der Waals surface area (Å²) in [6.45, 7) is 2.90. The lowest BCUT2D eigenvalue weighted by Gasteiger charge is -2.30. The molecule has 0 saturated carbocycles. The Morgan fingerprint density at radius 3 is 2.80 bits per heavy atom. The molecular weight excluding hydrogens is 188 g/mol. The molecule has 3 rings (SSSR count). The maximum absolute atomic E-state index is 5.86. The molecule has 3 heteroatoms. The molecule has 0 bridgehead atoms. The van der Waals surface area contributed by atoms with Crippen molar-refractivity contribution in [2.24, 2.45) is 0 Å². The summed E-state index contributed by atoms with van der Waals surface area (Å²) in [6.07, 6.45) is 1.50. The van der Waals surface area contributed by atoms with Crippen LogP contribution in [0.3, 0.4) is 0 Å². The van der Waals surface area contributed by atoms with Gasteiger partial charge in [0.25, 0.3) is 0 Å². The molecule has 0 spiro atoms. The zero-order valence-corrected chi connectivity index (χ0v) is 8.70. The third-order valence-corrected chi connectivity index (χ3v) is 3.19. The number of ether oxygens (including phenoxy) is 1. The molecule has 2 N–H and O–H groups in total. The number of rotatable bonds is 1. The molecule has 1 unspecified atom stereocenters. The molecule has 0 aliphatic carbocycles. The number of fused-ring (bicyclic) bond motifs is 1. The highest BCUT2D eigenvalue weighted by atomic mass is 16.5.